The van der Waals surface area contributed by atoms with Crippen molar-refractivity contribution in [3.63, 3.8) is 0 Å². The van der Waals surface area contributed by atoms with E-state index < -0.39 is 0 Å². The largest absolute Gasteiger partial charge is 0.485 e. The van der Waals surface area contributed by atoms with Crippen LogP contribution >= 0.6 is 11.6 Å². The zero-order valence-corrected chi connectivity index (χ0v) is 10.8. The zero-order chi connectivity index (χ0) is 13.0. The lowest BCUT2D eigenvalue weighted by atomic mass is 10.1. The number of carbonyl (C=O) groups is 1. The average Bonchev–Trinajstić information content (AvgIpc) is 2.37. The molecule has 0 unspecified atom stereocenters. The van der Waals surface area contributed by atoms with Gasteiger partial charge in [-0.2, -0.15) is 0 Å². The number of Topliss-reactive ketones (excluding diaryl/α,β-unsaturated/α-hetero) is 1. The highest BCUT2D eigenvalue weighted by atomic mass is 35.5. The monoisotopic (exact) mass is 260 g/mol. The van der Waals surface area contributed by atoms with Gasteiger partial charge in [0.15, 0.2) is 12.4 Å². The molecule has 0 atom stereocenters. The van der Waals surface area contributed by atoms with E-state index in [0.717, 1.165) is 5.56 Å². The summed E-state index contributed by atoms with van der Waals surface area (Å²) in [6.45, 7) is 1.93. The third-order valence-electron chi connectivity index (χ3n) is 2.61. The van der Waals surface area contributed by atoms with Crippen LogP contribution in [0.5, 0.6) is 5.75 Å². The fourth-order valence-electron chi connectivity index (χ4n) is 1.67. The quantitative estimate of drug-likeness (QED) is 0.779. The molecule has 0 aliphatic carbocycles. The van der Waals surface area contributed by atoms with E-state index in [1.165, 1.54) is 0 Å². The van der Waals surface area contributed by atoms with Crippen LogP contribution in [0.25, 0.3) is 0 Å². The van der Waals surface area contributed by atoms with E-state index in [-0.39, 0.29) is 12.4 Å². The molecule has 0 heterocycles. The van der Waals surface area contributed by atoms with Crippen molar-refractivity contribution in [1.82, 2.24) is 0 Å². The van der Waals surface area contributed by atoms with Gasteiger partial charge in [0.05, 0.1) is 0 Å². The van der Waals surface area contributed by atoms with Gasteiger partial charge in [-0.15, -0.1) is 0 Å². The van der Waals surface area contributed by atoms with E-state index in [1.54, 1.807) is 30.3 Å². The van der Waals surface area contributed by atoms with Gasteiger partial charge >= 0.3 is 0 Å². The standard InChI is InChI=1S/C15H13ClO2/c1-11-5-2-3-8-14(11)15(17)10-18-13-7-4-6-12(16)9-13/h2-9H,10H2,1H3. The fourth-order valence-corrected chi connectivity index (χ4v) is 1.85. The van der Waals surface area contributed by atoms with Crippen LogP contribution in [-0.2, 0) is 0 Å². The maximum atomic E-state index is 12.0. The van der Waals surface area contributed by atoms with Crippen molar-refractivity contribution >= 4 is 17.4 Å². The Morgan fingerprint density at radius 1 is 1.17 bits per heavy atom. The number of aryl methyl sites for hydroxylation is 1. The van der Waals surface area contributed by atoms with E-state index in [4.69, 9.17) is 16.3 Å². The number of carbonyl (C=O) groups excluding carboxylic acids is 1. The number of ketones is 1. The summed E-state index contributed by atoms with van der Waals surface area (Å²) >= 11 is 5.84. The highest BCUT2D eigenvalue weighted by Crippen LogP contribution is 2.17. The lowest BCUT2D eigenvalue weighted by Gasteiger charge is -2.07. The van der Waals surface area contributed by atoms with Crippen molar-refractivity contribution in [2.24, 2.45) is 0 Å². The Labute approximate surface area is 111 Å². The SMILES string of the molecule is Cc1ccccc1C(=O)COc1cccc(Cl)c1. The highest BCUT2D eigenvalue weighted by molar-refractivity contribution is 6.30. The second-order valence-corrected chi connectivity index (χ2v) is 4.42. The van der Waals surface area contributed by atoms with Crippen LogP contribution in [0.2, 0.25) is 5.02 Å². The Kier molecular flexibility index (Phi) is 4.00. The summed E-state index contributed by atoms with van der Waals surface area (Å²) in [5.74, 6) is 0.567. The number of benzene rings is 2. The first kappa shape index (κ1) is 12.7. The molecule has 18 heavy (non-hydrogen) atoms. The van der Waals surface area contributed by atoms with Gasteiger partial charge in [0.1, 0.15) is 5.75 Å². The third-order valence-corrected chi connectivity index (χ3v) is 2.85. The summed E-state index contributed by atoms with van der Waals surface area (Å²) < 4.78 is 5.42. The molecule has 0 N–H and O–H groups in total. The Hall–Kier alpha value is -1.80. The van der Waals surface area contributed by atoms with Crippen molar-refractivity contribution in [1.29, 1.82) is 0 Å². The van der Waals surface area contributed by atoms with Crippen LogP contribution in [0.3, 0.4) is 0 Å². The van der Waals surface area contributed by atoms with Gasteiger partial charge in [-0.25, -0.2) is 0 Å². The van der Waals surface area contributed by atoms with Gasteiger partial charge in [0, 0.05) is 10.6 Å². The minimum atomic E-state index is -0.0342. The van der Waals surface area contributed by atoms with Crippen molar-refractivity contribution in [3.05, 3.63) is 64.7 Å². The van der Waals surface area contributed by atoms with Crippen LogP contribution in [0.4, 0.5) is 0 Å². The molecule has 3 heteroatoms. The van der Waals surface area contributed by atoms with Gasteiger partial charge in [0.2, 0.25) is 0 Å². The van der Waals surface area contributed by atoms with Crippen LogP contribution in [-0.4, -0.2) is 12.4 Å². The summed E-state index contributed by atoms with van der Waals surface area (Å²) in [5, 5.41) is 0.593. The van der Waals surface area contributed by atoms with E-state index in [2.05, 4.69) is 0 Å². The first-order valence-electron chi connectivity index (χ1n) is 5.64. The second-order valence-electron chi connectivity index (χ2n) is 3.98. The number of rotatable bonds is 4. The molecule has 0 aliphatic heterocycles. The Morgan fingerprint density at radius 3 is 2.67 bits per heavy atom. The topological polar surface area (TPSA) is 26.3 Å². The molecule has 2 aromatic carbocycles. The number of hydrogen-bond donors (Lipinski definition) is 0. The summed E-state index contributed by atoms with van der Waals surface area (Å²) in [6.07, 6.45) is 0. The van der Waals surface area contributed by atoms with Gasteiger partial charge in [-0.05, 0) is 30.7 Å². The zero-order valence-electron chi connectivity index (χ0n) is 10.0. The molecule has 92 valence electrons. The number of hydrogen-bond acceptors (Lipinski definition) is 2. The first-order valence-corrected chi connectivity index (χ1v) is 6.02. The van der Waals surface area contributed by atoms with Crippen molar-refractivity contribution in [2.45, 2.75) is 6.92 Å². The van der Waals surface area contributed by atoms with Crippen LogP contribution in [0, 0.1) is 6.92 Å². The first-order chi connectivity index (χ1) is 8.66. The lowest BCUT2D eigenvalue weighted by Crippen LogP contribution is -2.12. The Morgan fingerprint density at radius 2 is 1.94 bits per heavy atom. The van der Waals surface area contributed by atoms with Crippen LogP contribution in [0.1, 0.15) is 15.9 Å². The molecular formula is C15H13ClO2. The summed E-state index contributed by atoms with van der Waals surface area (Å²) in [6, 6.07) is 14.5. The maximum Gasteiger partial charge on any atom is 0.200 e. The summed E-state index contributed by atoms with van der Waals surface area (Å²) in [4.78, 5) is 12.0. The molecule has 0 bridgehead atoms. The number of ether oxygens (including phenoxy) is 1. The van der Waals surface area contributed by atoms with E-state index in [9.17, 15) is 4.79 Å². The molecule has 2 nitrogen and oxygen atoms in total. The molecule has 0 amide bonds. The molecule has 2 aromatic rings. The van der Waals surface area contributed by atoms with Crippen LogP contribution in [0.15, 0.2) is 48.5 Å². The van der Waals surface area contributed by atoms with Crippen molar-refractivity contribution < 1.29 is 9.53 Å². The van der Waals surface area contributed by atoms with Gasteiger partial charge in [0.25, 0.3) is 0 Å². The Balaban J connectivity index is 2.03. The molecule has 0 saturated heterocycles. The van der Waals surface area contributed by atoms with Gasteiger partial charge < -0.3 is 4.74 Å². The second kappa shape index (κ2) is 5.69. The van der Waals surface area contributed by atoms with E-state index >= 15 is 0 Å². The molecule has 0 spiro atoms. The fraction of sp³-hybridized carbons (Fsp3) is 0.133. The molecule has 0 fully saturated rings. The predicted molar refractivity (Wildman–Crippen MR) is 72.5 cm³/mol. The van der Waals surface area contributed by atoms with Crippen LogP contribution < -0.4 is 4.74 Å². The summed E-state index contributed by atoms with van der Waals surface area (Å²) in [7, 11) is 0. The van der Waals surface area contributed by atoms with E-state index in [0.29, 0.717) is 16.3 Å². The van der Waals surface area contributed by atoms with Crippen molar-refractivity contribution in [3.8, 4) is 5.75 Å². The predicted octanol–water partition coefficient (Wildman–Crippen LogP) is 3.91. The minimum Gasteiger partial charge on any atom is -0.485 e. The summed E-state index contributed by atoms with van der Waals surface area (Å²) in [5.41, 5.74) is 1.65. The molecule has 0 saturated carbocycles. The smallest absolute Gasteiger partial charge is 0.200 e. The normalized spacial score (nSPS) is 10.1. The maximum absolute atomic E-state index is 12.0. The lowest BCUT2D eigenvalue weighted by molar-refractivity contribution is 0.0921. The molecule has 2 rings (SSSR count). The third kappa shape index (κ3) is 3.11. The highest BCUT2D eigenvalue weighted by Gasteiger charge is 2.09. The molecule has 0 aliphatic rings. The van der Waals surface area contributed by atoms with Gasteiger partial charge in [-0.1, -0.05) is 41.9 Å². The molecule has 0 radical (unpaired) electrons. The number of halogens is 1. The minimum absolute atomic E-state index is 0.0190. The van der Waals surface area contributed by atoms with Gasteiger partial charge in [-0.3, -0.25) is 4.79 Å². The molecular weight excluding hydrogens is 248 g/mol. The Bertz CT molecular complexity index is 564. The van der Waals surface area contributed by atoms with E-state index in [1.807, 2.05) is 25.1 Å². The molecule has 0 aromatic heterocycles. The van der Waals surface area contributed by atoms with Crippen molar-refractivity contribution in [2.75, 3.05) is 6.61 Å². The average molecular weight is 261 g/mol.